The fraction of sp³-hybridized carbons (Fsp3) is 0.565. The molecule has 2 aromatic rings. The minimum absolute atomic E-state index is 0.164. The van der Waals surface area contributed by atoms with Crippen LogP contribution >= 0.6 is 0 Å². The van der Waals surface area contributed by atoms with Crippen LogP contribution < -0.4 is 15.0 Å². The molecule has 1 saturated carbocycles. The van der Waals surface area contributed by atoms with Crippen molar-refractivity contribution in [3.8, 4) is 5.75 Å². The van der Waals surface area contributed by atoms with Gasteiger partial charge in [-0.25, -0.2) is 4.98 Å². The average molecular weight is 435 g/mol. The topological polar surface area (TPSA) is 50.3 Å². The van der Waals surface area contributed by atoms with E-state index in [0.29, 0.717) is 31.5 Å². The largest absolute Gasteiger partial charge is 0.573 e. The molecule has 0 bridgehead atoms. The van der Waals surface area contributed by atoms with Crippen molar-refractivity contribution in [2.24, 2.45) is 0 Å². The molecule has 0 atom stereocenters. The summed E-state index contributed by atoms with van der Waals surface area (Å²) in [5.41, 5.74) is 2.87. The highest BCUT2D eigenvalue weighted by atomic mass is 19.4. The third-order valence-corrected chi connectivity index (χ3v) is 6.01. The van der Waals surface area contributed by atoms with E-state index in [4.69, 9.17) is 9.97 Å². The molecule has 2 heterocycles. The lowest BCUT2D eigenvalue weighted by atomic mass is 9.96. The molecule has 0 amide bonds. The summed E-state index contributed by atoms with van der Waals surface area (Å²) in [5.74, 6) is 1.64. The van der Waals surface area contributed by atoms with Crippen LogP contribution in [0.3, 0.4) is 0 Å². The van der Waals surface area contributed by atoms with Gasteiger partial charge in [0, 0.05) is 25.2 Å². The Hall–Kier alpha value is -2.51. The molecule has 0 saturated heterocycles. The van der Waals surface area contributed by atoms with E-state index in [2.05, 4.69) is 28.8 Å². The van der Waals surface area contributed by atoms with Gasteiger partial charge in [0.2, 0.25) is 5.95 Å². The van der Waals surface area contributed by atoms with E-state index < -0.39 is 6.36 Å². The molecule has 0 unspecified atom stereocenters. The van der Waals surface area contributed by atoms with Crippen LogP contribution in [0.4, 0.5) is 24.9 Å². The maximum atomic E-state index is 12.5. The summed E-state index contributed by atoms with van der Waals surface area (Å²) in [4.78, 5) is 11.7. The summed E-state index contributed by atoms with van der Waals surface area (Å²) in [6.07, 6.45) is 2.00. The van der Waals surface area contributed by atoms with Crippen molar-refractivity contribution in [3.05, 3.63) is 41.1 Å². The number of ether oxygens (including phenoxy) is 1. The fourth-order valence-corrected chi connectivity index (χ4v) is 4.33. The molecule has 1 aliphatic heterocycles. The van der Waals surface area contributed by atoms with Gasteiger partial charge in [0.1, 0.15) is 11.6 Å². The second-order valence-electron chi connectivity index (χ2n) is 8.76. The van der Waals surface area contributed by atoms with E-state index in [0.717, 1.165) is 35.5 Å². The van der Waals surface area contributed by atoms with Gasteiger partial charge >= 0.3 is 6.36 Å². The second kappa shape index (κ2) is 8.93. The van der Waals surface area contributed by atoms with E-state index in [1.165, 1.54) is 31.4 Å². The molecule has 4 rings (SSSR count). The predicted octanol–water partition coefficient (Wildman–Crippen LogP) is 5.81. The van der Waals surface area contributed by atoms with Gasteiger partial charge in [-0.1, -0.05) is 39.2 Å². The minimum Gasteiger partial charge on any atom is -0.406 e. The third kappa shape index (κ3) is 5.60. The number of aromatic nitrogens is 2. The molecule has 0 spiro atoms. The zero-order chi connectivity index (χ0) is 22.0. The van der Waals surface area contributed by atoms with Gasteiger partial charge in [-0.05, 0) is 48.4 Å². The van der Waals surface area contributed by atoms with E-state index in [1.807, 2.05) is 6.07 Å². The van der Waals surface area contributed by atoms with Gasteiger partial charge in [-0.2, -0.15) is 4.98 Å². The number of halogens is 3. The Morgan fingerprint density at radius 2 is 1.84 bits per heavy atom. The number of benzene rings is 1. The van der Waals surface area contributed by atoms with Crippen molar-refractivity contribution in [2.75, 3.05) is 16.8 Å². The Labute approximate surface area is 181 Å². The molecule has 168 valence electrons. The average Bonchev–Trinajstić information content (AvgIpc) is 2.72. The van der Waals surface area contributed by atoms with Crippen molar-refractivity contribution < 1.29 is 17.9 Å². The van der Waals surface area contributed by atoms with E-state index in [1.54, 1.807) is 6.07 Å². The Morgan fingerprint density at radius 1 is 1.06 bits per heavy atom. The monoisotopic (exact) mass is 434 g/mol. The Kier molecular flexibility index (Phi) is 6.25. The third-order valence-electron chi connectivity index (χ3n) is 6.01. The molecule has 1 aliphatic carbocycles. The van der Waals surface area contributed by atoms with E-state index in [9.17, 15) is 13.2 Å². The van der Waals surface area contributed by atoms with Crippen molar-refractivity contribution >= 4 is 11.8 Å². The van der Waals surface area contributed by atoms with Crippen molar-refractivity contribution in [3.63, 3.8) is 0 Å². The molecule has 8 heteroatoms. The first-order valence-electron chi connectivity index (χ1n) is 11.0. The number of alkyl halides is 3. The predicted molar refractivity (Wildman–Crippen MR) is 114 cm³/mol. The molecular weight excluding hydrogens is 405 g/mol. The summed E-state index contributed by atoms with van der Waals surface area (Å²) in [5, 5.41) is 3.53. The molecule has 1 aromatic carbocycles. The second-order valence-corrected chi connectivity index (χ2v) is 8.76. The normalized spacial score (nSPS) is 17.5. The summed E-state index contributed by atoms with van der Waals surface area (Å²) < 4.78 is 41.6. The minimum atomic E-state index is -4.68. The lowest BCUT2D eigenvalue weighted by Gasteiger charge is -2.31. The summed E-state index contributed by atoms with van der Waals surface area (Å²) >= 11 is 0. The molecular formula is C23H29F3N4O. The first kappa shape index (κ1) is 21.7. The van der Waals surface area contributed by atoms with Crippen molar-refractivity contribution in [2.45, 2.75) is 77.2 Å². The maximum absolute atomic E-state index is 12.5. The number of nitrogens with zero attached hydrogens (tertiary/aromatic N) is 3. The molecule has 5 nitrogen and oxygen atoms in total. The molecule has 1 fully saturated rings. The summed E-state index contributed by atoms with van der Waals surface area (Å²) in [6, 6.07) is 7.04. The lowest BCUT2D eigenvalue weighted by Crippen LogP contribution is -2.32. The fourth-order valence-electron chi connectivity index (χ4n) is 4.33. The highest BCUT2D eigenvalue weighted by molar-refractivity contribution is 5.50. The summed E-state index contributed by atoms with van der Waals surface area (Å²) in [7, 11) is 0. The van der Waals surface area contributed by atoms with Crippen molar-refractivity contribution in [1.82, 2.24) is 9.97 Å². The lowest BCUT2D eigenvalue weighted by molar-refractivity contribution is -0.274. The molecule has 2 aliphatic rings. The molecule has 1 aromatic heterocycles. The quantitative estimate of drug-likeness (QED) is 0.644. The zero-order valence-electron chi connectivity index (χ0n) is 18.0. The van der Waals surface area contributed by atoms with Crippen LogP contribution in [0.15, 0.2) is 24.3 Å². The van der Waals surface area contributed by atoms with Crippen LogP contribution in [0.25, 0.3) is 0 Å². The molecule has 31 heavy (non-hydrogen) atoms. The van der Waals surface area contributed by atoms with Crippen LogP contribution in [0.2, 0.25) is 0 Å². The van der Waals surface area contributed by atoms with Crippen LogP contribution in [0, 0.1) is 0 Å². The van der Waals surface area contributed by atoms with Crippen LogP contribution in [0.5, 0.6) is 5.75 Å². The first-order chi connectivity index (χ1) is 14.8. The van der Waals surface area contributed by atoms with Gasteiger partial charge in [0.05, 0.1) is 5.69 Å². The van der Waals surface area contributed by atoms with Gasteiger partial charge in [-0.3, -0.25) is 0 Å². The standard InChI is InChI=1S/C23H29F3N4O/c1-15(2)20-13-21(29-22(28-20)27-18-6-4-3-5-7-18)30-11-10-16-12-19(31-23(24,25)26)9-8-17(16)14-30/h8-9,12-13,15,18H,3-7,10-11,14H2,1-2H3,(H,27,28,29). The zero-order valence-corrected chi connectivity index (χ0v) is 18.0. The number of fused-ring (bicyclic) bond motifs is 1. The maximum Gasteiger partial charge on any atom is 0.573 e. The number of anilines is 2. The Balaban J connectivity index is 1.54. The molecule has 1 N–H and O–H groups in total. The van der Waals surface area contributed by atoms with Crippen molar-refractivity contribution in [1.29, 1.82) is 0 Å². The van der Waals surface area contributed by atoms with Crippen LogP contribution in [-0.4, -0.2) is 28.9 Å². The van der Waals surface area contributed by atoms with Crippen LogP contribution in [-0.2, 0) is 13.0 Å². The van der Waals surface area contributed by atoms with Gasteiger partial charge in [0.25, 0.3) is 0 Å². The van der Waals surface area contributed by atoms with Crippen LogP contribution in [0.1, 0.15) is 68.7 Å². The number of nitrogens with one attached hydrogen (secondary N) is 1. The van der Waals surface area contributed by atoms with Gasteiger partial charge in [-0.15, -0.1) is 13.2 Å². The smallest absolute Gasteiger partial charge is 0.406 e. The van der Waals surface area contributed by atoms with Gasteiger partial charge < -0.3 is 15.0 Å². The Morgan fingerprint density at radius 3 is 2.55 bits per heavy atom. The number of rotatable bonds is 5. The van der Waals surface area contributed by atoms with Gasteiger partial charge in [0.15, 0.2) is 0 Å². The molecule has 0 radical (unpaired) electrons. The Bertz CT molecular complexity index is 910. The SMILES string of the molecule is CC(C)c1cc(N2CCc3cc(OC(F)(F)F)ccc3C2)nc(NC2CCCCC2)n1. The highest BCUT2D eigenvalue weighted by Crippen LogP contribution is 2.31. The number of hydrogen-bond acceptors (Lipinski definition) is 5. The highest BCUT2D eigenvalue weighted by Gasteiger charge is 2.31. The van der Waals surface area contributed by atoms with E-state index >= 15 is 0 Å². The summed E-state index contributed by atoms with van der Waals surface area (Å²) in [6.45, 7) is 5.51. The number of hydrogen-bond donors (Lipinski definition) is 1. The van der Waals surface area contributed by atoms with E-state index in [-0.39, 0.29) is 11.7 Å². The first-order valence-corrected chi connectivity index (χ1v) is 11.0.